The average molecular weight is 764 g/mol. The summed E-state index contributed by atoms with van der Waals surface area (Å²) >= 11 is 1.91. The molecule has 0 N–H and O–H groups in total. The molecule has 3 aliphatic carbocycles. The van der Waals surface area contributed by atoms with Gasteiger partial charge in [0.25, 0.3) is 0 Å². The number of hydrogen-bond acceptors (Lipinski definition) is 1. The molecule has 2 heteroatoms. The number of aryl methyl sites for hydroxylation is 1. The standard InChI is InChI=1S/C56H45NS/c1-33-28-48-43(32-41(33)36-20-22-38-39-23-25-50-52(40-16-10-13-19-49(40)58-50)53(39)55(4,5)46(38)30-36)42-29-35(34-14-8-7-9-15-34)21-24-47(42)57(48)37-26-27-56(6)45-18-12-11-17-44(45)54(2,3)51(56)31-37/h7-26,28-32H,27H2,1-6H3. The first-order valence-electron chi connectivity index (χ1n) is 20.8. The smallest absolute Gasteiger partial charge is 0.0544 e. The number of allylic oxidation sites excluding steroid dienone is 4. The molecule has 58 heavy (non-hydrogen) atoms. The zero-order valence-electron chi connectivity index (χ0n) is 34.0. The largest absolute Gasteiger partial charge is 0.310 e. The predicted octanol–water partition coefficient (Wildman–Crippen LogP) is 15.5. The summed E-state index contributed by atoms with van der Waals surface area (Å²) in [6.07, 6.45) is 6.02. The van der Waals surface area contributed by atoms with E-state index < -0.39 is 0 Å². The van der Waals surface area contributed by atoms with Crippen LogP contribution in [0.3, 0.4) is 0 Å². The normalized spacial score (nSPS) is 18.7. The van der Waals surface area contributed by atoms with E-state index in [2.05, 4.69) is 198 Å². The SMILES string of the molecule is Cc1cc2c(cc1-c1ccc3c(c1)C(C)(C)c1c-3ccc3sc4ccccc4c13)c1cc(-c3ccccc3)ccc1n2C1=CCC2(C)C(=C1)C(C)(C)c1ccccc12. The first-order valence-corrected chi connectivity index (χ1v) is 21.6. The highest BCUT2D eigenvalue weighted by atomic mass is 32.1. The van der Waals surface area contributed by atoms with Gasteiger partial charge in [-0.1, -0.05) is 138 Å². The van der Waals surface area contributed by atoms with Crippen molar-refractivity contribution in [2.24, 2.45) is 0 Å². The number of aromatic nitrogens is 1. The first kappa shape index (κ1) is 34.1. The summed E-state index contributed by atoms with van der Waals surface area (Å²) in [5.41, 5.74) is 20.1. The molecule has 7 aromatic carbocycles. The third-order valence-electron chi connectivity index (χ3n) is 14.4. The van der Waals surface area contributed by atoms with Crippen molar-refractivity contribution in [3.63, 3.8) is 0 Å². The second-order valence-corrected chi connectivity index (χ2v) is 19.4. The molecule has 0 bridgehead atoms. The minimum atomic E-state index is -0.133. The van der Waals surface area contributed by atoms with E-state index >= 15 is 0 Å². The van der Waals surface area contributed by atoms with Crippen LogP contribution in [-0.2, 0) is 16.2 Å². The average Bonchev–Trinajstić information content (AvgIpc) is 3.89. The molecule has 0 aliphatic heterocycles. The van der Waals surface area contributed by atoms with Crippen LogP contribution in [0.2, 0.25) is 0 Å². The Balaban J connectivity index is 1.05. The highest BCUT2D eigenvalue weighted by molar-refractivity contribution is 7.25. The van der Waals surface area contributed by atoms with Crippen molar-refractivity contribution >= 4 is 59.0 Å². The summed E-state index contributed by atoms with van der Waals surface area (Å²) in [4.78, 5) is 0. The lowest BCUT2D eigenvalue weighted by molar-refractivity contribution is 0.512. The van der Waals surface area contributed by atoms with E-state index in [0.29, 0.717) is 0 Å². The summed E-state index contributed by atoms with van der Waals surface area (Å²) in [6.45, 7) is 14.5. The van der Waals surface area contributed by atoms with E-state index in [0.717, 1.165) is 6.42 Å². The maximum Gasteiger partial charge on any atom is 0.0544 e. The fourth-order valence-corrected chi connectivity index (χ4v) is 12.7. The van der Waals surface area contributed by atoms with Gasteiger partial charge in [-0.05, 0) is 129 Å². The van der Waals surface area contributed by atoms with Gasteiger partial charge < -0.3 is 4.57 Å². The van der Waals surface area contributed by atoms with Crippen molar-refractivity contribution in [1.29, 1.82) is 0 Å². The molecule has 1 unspecified atom stereocenters. The Morgan fingerprint density at radius 2 is 1.24 bits per heavy atom. The zero-order valence-corrected chi connectivity index (χ0v) is 34.8. The van der Waals surface area contributed by atoms with Crippen LogP contribution in [0.1, 0.15) is 68.9 Å². The summed E-state index contributed by atoms with van der Waals surface area (Å²) in [5.74, 6) is 0. The second-order valence-electron chi connectivity index (χ2n) is 18.4. The molecule has 1 nitrogen and oxygen atoms in total. The topological polar surface area (TPSA) is 4.93 Å². The highest BCUT2D eigenvalue weighted by Gasteiger charge is 2.49. The molecule has 0 saturated carbocycles. The minimum Gasteiger partial charge on any atom is -0.310 e. The van der Waals surface area contributed by atoms with Crippen molar-refractivity contribution in [3.8, 4) is 33.4 Å². The van der Waals surface area contributed by atoms with E-state index in [-0.39, 0.29) is 16.2 Å². The van der Waals surface area contributed by atoms with E-state index in [9.17, 15) is 0 Å². The summed E-state index contributed by atoms with van der Waals surface area (Å²) in [5, 5.41) is 5.39. The molecular formula is C56H45NS. The maximum absolute atomic E-state index is 2.56. The van der Waals surface area contributed by atoms with Gasteiger partial charge in [-0.15, -0.1) is 11.3 Å². The molecular weight excluding hydrogens is 719 g/mol. The molecule has 2 aromatic heterocycles. The van der Waals surface area contributed by atoms with Gasteiger partial charge >= 0.3 is 0 Å². The molecule has 9 aromatic rings. The Bertz CT molecular complexity index is 3320. The number of nitrogens with zero attached hydrogens (tertiary/aromatic N) is 1. The van der Waals surface area contributed by atoms with Crippen molar-refractivity contribution in [3.05, 3.63) is 185 Å². The van der Waals surface area contributed by atoms with Crippen LogP contribution >= 0.6 is 11.3 Å². The van der Waals surface area contributed by atoms with Crippen LogP contribution in [0.25, 0.3) is 81.1 Å². The summed E-state index contributed by atoms with van der Waals surface area (Å²) in [6, 6.07) is 52.9. The molecule has 0 amide bonds. The van der Waals surface area contributed by atoms with E-state index in [1.165, 1.54) is 114 Å². The van der Waals surface area contributed by atoms with Crippen molar-refractivity contribution in [1.82, 2.24) is 4.57 Å². The summed E-state index contributed by atoms with van der Waals surface area (Å²) < 4.78 is 5.30. The molecule has 0 radical (unpaired) electrons. The van der Waals surface area contributed by atoms with E-state index in [1.807, 2.05) is 11.3 Å². The van der Waals surface area contributed by atoms with Gasteiger partial charge in [-0.3, -0.25) is 0 Å². The van der Waals surface area contributed by atoms with Gasteiger partial charge in [-0.2, -0.15) is 0 Å². The Labute approximate surface area is 344 Å². The lowest BCUT2D eigenvalue weighted by Crippen LogP contribution is -2.28. The molecule has 0 spiro atoms. The van der Waals surface area contributed by atoms with Crippen molar-refractivity contribution in [2.45, 2.75) is 64.2 Å². The van der Waals surface area contributed by atoms with Crippen LogP contribution in [0.15, 0.2) is 157 Å². The maximum atomic E-state index is 2.56. The quantitative estimate of drug-likeness (QED) is 0.169. The Hall–Kier alpha value is -5.96. The lowest BCUT2D eigenvalue weighted by Gasteiger charge is -2.35. The fourth-order valence-electron chi connectivity index (χ4n) is 11.6. The van der Waals surface area contributed by atoms with Gasteiger partial charge in [0, 0.05) is 52.9 Å². The first-order chi connectivity index (χ1) is 28.0. The molecule has 2 heterocycles. The Morgan fingerprint density at radius 3 is 2.09 bits per heavy atom. The van der Waals surface area contributed by atoms with Gasteiger partial charge in [0.2, 0.25) is 0 Å². The van der Waals surface area contributed by atoms with Gasteiger partial charge in [0.15, 0.2) is 0 Å². The van der Waals surface area contributed by atoms with Gasteiger partial charge in [0.05, 0.1) is 11.0 Å². The molecule has 0 saturated heterocycles. The number of hydrogen-bond donors (Lipinski definition) is 0. The number of rotatable bonds is 3. The Morgan fingerprint density at radius 1 is 0.517 bits per heavy atom. The predicted molar refractivity (Wildman–Crippen MR) is 249 cm³/mol. The molecule has 0 fully saturated rings. The van der Waals surface area contributed by atoms with Crippen LogP contribution < -0.4 is 0 Å². The minimum absolute atomic E-state index is 0.00474. The third-order valence-corrected chi connectivity index (χ3v) is 15.5. The molecule has 12 rings (SSSR count). The highest BCUT2D eigenvalue weighted by Crippen LogP contribution is 2.58. The van der Waals surface area contributed by atoms with Crippen LogP contribution in [0, 0.1) is 6.92 Å². The molecule has 280 valence electrons. The molecule has 3 aliphatic rings. The molecule has 1 atom stereocenters. The van der Waals surface area contributed by atoms with Gasteiger partial charge in [0.1, 0.15) is 0 Å². The third kappa shape index (κ3) is 4.42. The van der Waals surface area contributed by atoms with Crippen LogP contribution in [0.4, 0.5) is 0 Å². The summed E-state index contributed by atoms with van der Waals surface area (Å²) in [7, 11) is 0. The van der Waals surface area contributed by atoms with Crippen LogP contribution in [-0.4, -0.2) is 4.57 Å². The Kier molecular flexibility index (Phi) is 6.81. The zero-order chi connectivity index (χ0) is 39.3. The van der Waals surface area contributed by atoms with E-state index in [4.69, 9.17) is 0 Å². The number of benzene rings is 7. The number of thiophene rings is 1. The van der Waals surface area contributed by atoms with Crippen molar-refractivity contribution < 1.29 is 0 Å². The van der Waals surface area contributed by atoms with Crippen LogP contribution in [0.5, 0.6) is 0 Å². The fraction of sp³-hybridized carbons (Fsp3) is 0.179. The van der Waals surface area contributed by atoms with Gasteiger partial charge in [-0.25, -0.2) is 0 Å². The number of fused-ring (bicyclic) bond motifs is 13. The monoisotopic (exact) mass is 763 g/mol. The second kappa shape index (κ2) is 11.6. The van der Waals surface area contributed by atoms with E-state index in [1.54, 1.807) is 0 Å². The van der Waals surface area contributed by atoms with Crippen molar-refractivity contribution in [2.75, 3.05) is 0 Å². The lowest BCUT2D eigenvalue weighted by atomic mass is 9.70.